The summed E-state index contributed by atoms with van der Waals surface area (Å²) in [6.45, 7) is 4.43. The van der Waals surface area contributed by atoms with Crippen molar-refractivity contribution in [3.05, 3.63) is 16.8 Å². The van der Waals surface area contributed by atoms with Gasteiger partial charge >= 0.3 is 0 Å². The number of anilines is 1. The molecule has 3 heterocycles. The number of fused-ring (bicyclic) bond motifs is 3. The SMILES string of the molecule is CC(C)N1C[C@H](C(=O)Nc2nc3c(s2)CCc2c-3cnn2C)CC1=O. The fraction of sp³-hybridized carbons (Fsp3) is 0.529. The minimum Gasteiger partial charge on any atom is -0.339 e. The van der Waals surface area contributed by atoms with Gasteiger partial charge in [-0.25, -0.2) is 4.98 Å². The normalized spacial score (nSPS) is 19.3. The molecule has 1 fully saturated rings. The number of hydrogen-bond donors (Lipinski definition) is 1. The number of rotatable bonds is 3. The maximum atomic E-state index is 12.6. The standard InChI is InChI=1S/C17H21N5O2S/c1-9(2)22-8-10(6-14(22)23)16(24)20-17-19-15-11-7-18-21(3)12(11)4-5-13(15)25-17/h7,9-10H,4-6,8H2,1-3H3,(H,19,20,24)/t10-/m1/s1. The van der Waals surface area contributed by atoms with Crippen LogP contribution in [0.15, 0.2) is 6.20 Å². The monoisotopic (exact) mass is 359 g/mol. The highest BCUT2D eigenvalue weighted by Gasteiger charge is 2.36. The third-order valence-electron chi connectivity index (χ3n) is 4.99. The molecule has 8 heteroatoms. The van der Waals surface area contributed by atoms with Crippen molar-refractivity contribution < 1.29 is 9.59 Å². The molecule has 2 aromatic rings. The fourth-order valence-corrected chi connectivity index (χ4v) is 4.57. The first-order valence-corrected chi connectivity index (χ1v) is 9.37. The topological polar surface area (TPSA) is 80.1 Å². The Morgan fingerprint density at radius 3 is 2.92 bits per heavy atom. The van der Waals surface area contributed by atoms with Gasteiger partial charge in [0.15, 0.2) is 5.13 Å². The number of aryl methyl sites for hydroxylation is 2. The van der Waals surface area contributed by atoms with Crippen LogP contribution in [-0.2, 0) is 29.5 Å². The number of hydrogen-bond acceptors (Lipinski definition) is 5. The van der Waals surface area contributed by atoms with E-state index in [9.17, 15) is 9.59 Å². The Balaban J connectivity index is 1.51. The number of carbonyl (C=O) groups is 2. The van der Waals surface area contributed by atoms with Crippen LogP contribution in [0.3, 0.4) is 0 Å². The van der Waals surface area contributed by atoms with Crippen LogP contribution >= 0.6 is 11.3 Å². The number of nitrogens with zero attached hydrogens (tertiary/aromatic N) is 4. The second kappa shape index (κ2) is 5.94. The average Bonchev–Trinajstić information content (AvgIpc) is 3.23. The first kappa shape index (κ1) is 16.3. The Morgan fingerprint density at radius 2 is 2.20 bits per heavy atom. The van der Waals surface area contributed by atoms with Gasteiger partial charge in [-0.2, -0.15) is 5.10 Å². The second-order valence-corrected chi connectivity index (χ2v) is 8.03. The van der Waals surface area contributed by atoms with E-state index in [0.717, 1.165) is 24.1 Å². The number of amides is 2. The Kier molecular flexibility index (Phi) is 3.87. The van der Waals surface area contributed by atoms with Gasteiger partial charge in [0, 0.05) is 42.2 Å². The maximum absolute atomic E-state index is 12.6. The van der Waals surface area contributed by atoms with E-state index in [1.807, 2.05) is 31.8 Å². The number of carbonyl (C=O) groups excluding carboxylic acids is 2. The Bertz CT molecular complexity index is 853. The number of likely N-dealkylation sites (tertiary alicyclic amines) is 1. The molecule has 132 valence electrons. The van der Waals surface area contributed by atoms with E-state index in [2.05, 4.69) is 15.4 Å². The Morgan fingerprint density at radius 1 is 1.40 bits per heavy atom. The average molecular weight is 359 g/mol. The largest absolute Gasteiger partial charge is 0.339 e. The van der Waals surface area contributed by atoms with Crippen molar-refractivity contribution in [1.82, 2.24) is 19.7 Å². The molecule has 0 bridgehead atoms. The summed E-state index contributed by atoms with van der Waals surface area (Å²) in [5.74, 6) is -0.368. The molecule has 2 aliphatic rings. The number of aromatic nitrogens is 3. The van der Waals surface area contributed by atoms with Gasteiger partial charge in [-0.15, -0.1) is 11.3 Å². The van der Waals surface area contributed by atoms with Gasteiger partial charge in [0.1, 0.15) is 0 Å². The summed E-state index contributed by atoms with van der Waals surface area (Å²) < 4.78 is 1.89. The van der Waals surface area contributed by atoms with E-state index >= 15 is 0 Å². The van der Waals surface area contributed by atoms with Gasteiger partial charge in [-0.05, 0) is 26.7 Å². The Labute approximate surface area is 150 Å². The molecule has 0 radical (unpaired) electrons. The van der Waals surface area contributed by atoms with Crippen LogP contribution in [-0.4, -0.2) is 44.1 Å². The molecule has 25 heavy (non-hydrogen) atoms. The molecule has 4 rings (SSSR count). The highest BCUT2D eigenvalue weighted by atomic mass is 32.1. The summed E-state index contributed by atoms with van der Waals surface area (Å²) in [5, 5.41) is 7.85. The molecular formula is C17H21N5O2S. The quantitative estimate of drug-likeness (QED) is 0.907. The summed E-state index contributed by atoms with van der Waals surface area (Å²) in [6, 6.07) is 0.126. The molecule has 0 aromatic carbocycles. The van der Waals surface area contributed by atoms with Crippen molar-refractivity contribution in [2.45, 2.75) is 39.2 Å². The first-order valence-electron chi connectivity index (χ1n) is 8.55. The van der Waals surface area contributed by atoms with Crippen molar-refractivity contribution >= 4 is 28.3 Å². The molecule has 1 saturated heterocycles. The van der Waals surface area contributed by atoms with Crippen LogP contribution < -0.4 is 5.32 Å². The van der Waals surface area contributed by atoms with E-state index in [0.29, 0.717) is 11.7 Å². The van der Waals surface area contributed by atoms with E-state index in [1.165, 1.54) is 21.9 Å². The third kappa shape index (κ3) is 2.74. The van der Waals surface area contributed by atoms with Crippen molar-refractivity contribution in [3.63, 3.8) is 0 Å². The first-order chi connectivity index (χ1) is 11.9. The van der Waals surface area contributed by atoms with Gasteiger partial charge in [0.25, 0.3) is 0 Å². The molecule has 1 N–H and O–H groups in total. The van der Waals surface area contributed by atoms with Crippen molar-refractivity contribution in [1.29, 1.82) is 0 Å². The van der Waals surface area contributed by atoms with E-state index in [4.69, 9.17) is 0 Å². The molecular weight excluding hydrogens is 338 g/mol. The lowest BCUT2D eigenvalue weighted by molar-refractivity contribution is -0.129. The summed E-state index contributed by atoms with van der Waals surface area (Å²) in [4.78, 5) is 32.1. The molecule has 0 spiro atoms. The third-order valence-corrected chi connectivity index (χ3v) is 6.02. The van der Waals surface area contributed by atoms with Crippen LogP contribution in [0, 0.1) is 5.92 Å². The lowest BCUT2D eigenvalue weighted by Gasteiger charge is -2.20. The number of nitrogens with one attached hydrogen (secondary N) is 1. The zero-order valence-corrected chi connectivity index (χ0v) is 15.4. The van der Waals surface area contributed by atoms with E-state index < -0.39 is 0 Å². The summed E-state index contributed by atoms with van der Waals surface area (Å²) in [6.07, 6.45) is 3.98. The highest BCUT2D eigenvalue weighted by molar-refractivity contribution is 7.16. The molecule has 7 nitrogen and oxygen atoms in total. The van der Waals surface area contributed by atoms with Gasteiger partial charge in [0.2, 0.25) is 11.8 Å². The van der Waals surface area contributed by atoms with Crippen molar-refractivity contribution in [2.24, 2.45) is 13.0 Å². The smallest absolute Gasteiger partial charge is 0.231 e. The summed E-state index contributed by atoms with van der Waals surface area (Å²) in [7, 11) is 1.94. The van der Waals surface area contributed by atoms with Crippen LogP contribution in [0.5, 0.6) is 0 Å². The molecule has 0 saturated carbocycles. The maximum Gasteiger partial charge on any atom is 0.231 e. The van der Waals surface area contributed by atoms with Crippen molar-refractivity contribution in [2.75, 3.05) is 11.9 Å². The van der Waals surface area contributed by atoms with Crippen LogP contribution in [0.2, 0.25) is 0 Å². The van der Waals surface area contributed by atoms with Gasteiger partial charge in [-0.3, -0.25) is 14.3 Å². The summed E-state index contributed by atoms with van der Waals surface area (Å²) >= 11 is 1.52. The lowest BCUT2D eigenvalue weighted by Crippen LogP contribution is -2.33. The summed E-state index contributed by atoms with van der Waals surface area (Å²) in [5.41, 5.74) is 3.17. The minimum atomic E-state index is -0.301. The van der Waals surface area contributed by atoms with E-state index in [-0.39, 0.29) is 30.2 Å². The molecule has 0 unspecified atom stereocenters. The second-order valence-electron chi connectivity index (χ2n) is 6.95. The highest BCUT2D eigenvalue weighted by Crippen LogP contribution is 2.38. The van der Waals surface area contributed by atoms with Crippen LogP contribution in [0.4, 0.5) is 5.13 Å². The molecule has 1 aliphatic heterocycles. The van der Waals surface area contributed by atoms with E-state index in [1.54, 1.807) is 4.90 Å². The van der Waals surface area contributed by atoms with Gasteiger partial charge in [0.05, 0.1) is 17.8 Å². The lowest BCUT2D eigenvalue weighted by atomic mass is 10.0. The zero-order chi connectivity index (χ0) is 17.7. The predicted molar refractivity (Wildman–Crippen MR) is 95.3 cm³/mol. The van der Waals surface area contributed by atoms with Crippen molar-refractivity contribution in [3.8, 4) is 11.3 Å². The van der Waals surface area contributed by atoms with Gasteiger partial charge in [-0.1, -0.05) is 0 Å². The fourth-order valence-electron chi connectivity index (χ4n) is 3.59. The van der Waals surface area contributed by atoms with Gasteiger partial charge < -0.3 is 10.2 Å². The predicted octanol–water partition coefficient (Wildman–Crippen LogP) is 1.84. The molecule has 2 amide bonds. The minimum absolute atomic E-state index is 0.0496. The van der Waals surface area contributed by atoms with Crippen LogP contribution in [0.25, 0.3) is 11.3 Å². The number of thiazole rings is 1. The molecule has 2 aromatic heterocycles. The Hall–Kier alpha value is -2.22. The molecule has 1 atom stereocenters. The van der Waals surface area contributed by atoms with Crippen LogP contribution in [0.1, 0.15) is 30.8 Å². The zero-order valence-electron chi connectivity index (χ0n) is 14.6. The molecule has 1 aliphatic carbocycles.